The second-order valence-electron chi connectivity index (χ2n) is 6.08. The van der Waals surface area contributed by atoms with E-state index < -0.39 is 0 Å². The number of thioether (sulfide) groups is 1. The molecule has 0 amide bonds. The van der Waals surface area contributed by atoms with Crippen LogP contribution >= 0.6 is 11.8 Å². The highest BCUT2D eigenvalue weighted by atomic mass is 32.2. The van der Waals surface area contributed by atoms with E-state index >= 15 is 0 Å². The first-order valence-corrected chi connectivity index (χ1v) is 8.06. The van der Waals surface area contributed by atoms with Gasteiger partial charge in [-0.2, -0.15) is 11.8 Å². The minimum Gasteiger partial charge on any atom is -0.309 e. The molecule has 0 aromatic carbocycles. The molecule has 1 heterocycles. The van der Waals surface area contributed by atoms with Crippen LogP contribution in [0.25, 0.3) is 0 Å². The van der Waals surface area contributed by atoms with Gasteiger partial charge in [0.2, 0.25) is 0 Å². The lowest BCUT2D eigenvalue weighted by molar-refractivity contribution is 0.278. The largest absolute Gasteiger partial charge is 0.309 e. The molecule has 0 saturated carbocycles. The molecular formula is C14H30N2S. The van der Waals surface area contributed by atoms with Crippen molar-refractivity contribution in [3.8, 4) is 0 Å². The summed E-state index contributed by atoms with van der Waals surface area (Å²) in [6.07, 6.45) is 4.02. The molecule has 0 radical (unpaired) electrons. The number of nitrogens with zero attached hydrogens (tertiary/aromatic N) is 1. The average molecular weight is 258 g/mol. The minimum absolute atomic E-state index is 0.649. The highest BCUT2D eigenvalue weighted by molar-refractivity contribution is 7.99. The van der Waals surface area contributed by atoms with Gasteiger partial charge in [0, 0.05) is 23.9 Å². The molecule has 0 bridgehead atoms. The van der Waals surface area contributed by atoms with Crippen molar-refractivity contribution >= 4 is 11.8 Å². The van der Waals surface area contributed by atoms with Crippen LogP contribution < -0.4 is 5.32 Å². The number of likely N-dealkylation sites (N-methyl/N-ethyl adjacent to an activating group) is 1. The van der Waals surface area contributed by atoms with Crippen LogP contribution in [0.3, 0.4) is 0 Å². The minimum atomic E-state index is 0.649. The van der Waals surface area contributed by atoms with Crippen LogP contribution in [0.5, 0.6) is 0 Å². The van der Waals surface area contributed by atoms with Crippen LogP contribution in [-0.2, 0) is 0 Å². The normalized spacial score (nSPS) is 27.7. The summed E-state index contributed by atoms with van der Waals surface area (Å²) in [5, 5.41) is 4.68. The zero-order chi connectivity index (χ0) is 12.8. The predicted octanol–water partition coefficient (Wildman–Crippen LogP) is 2.84. The van der Waals surface area contributed by atoms with E-state index in [0.717, 1.165) is 23.8 Å². The van der Waals surface area contributed by atoms with Crippen molar-refractivity contribution in [2.45, 2.75) is 57.4 Å². The fourth-order valence-corrected chi connectivity index (χ4v) is 3.80. The zero-order valence-corrected chi connectivity index (χ0v) is 13.0. The molecule has 2 nitrogen and oxygen atoms in total. The monoisotopic (exact) mass is 258 g/mol. The summed E-state index contributed by atoms with van der Waals surface area (Å²) < 4.78 is 0. The number of hydrogen-bond donors (Lipinski definition) is 1. The lowest BCUT2D eigenvalue weighted by atomic mass is 10.0. The Morgan fingerprint density at radius 2 is 2.06 bits per heavy atom. The van der Waals surface area contributed by atoms with Crippen LogP contribution in [0.2, 0.25) is 0 Å². The molecule has 1 fully saturated rings. The van der Waals surface area contributed by atoms with Crippen molar-refractivity contribution in [1.29, 1.82) is 0 Å². The summed E-state index contributed by atoms with van der Waals surface area (Å²) in [5.41, 5.74) is 0. The predicted molar refractivity (Wildman–Crippen MR) is 79.9 cm³/mol. The van der Waals surface area contributed by atoms with Gasteiger partial charge in [-0.3, -0.25) is 0 Å². The van der Waals surface area contributed by atoms with E-state index in [4.69, 9.17) is 0 Å². The van der Waals surface area contributed by atoms with Crippen LogP contribution in [0, 0.1) is 5.92 Å². The molecule has 3 atom stereocenters. The molecule has 0 aromatic heterocycles. The molecule has 1 rings (SSSR count). The van der Waals surface area contributed by atoms with Gasteiger partial charge in [-0.05, 0) is 45.0 Å². The Morgan fingerprint density at radius 3 is 2.59 bits per heavy atom. The van der Waals surface area contributed by atoms with Crippen LogP contribution in [0.4, 0.5) is 0 Å². The molecule has 0 spiro atoms. The van der Waals surface area contributed by atoms with Gasteiger partial charge in [0.15, 0.2) is 0 Å². The van der Waals surface area contributed by atoms with Gasteiger partial charge < -0.3 is 10.2 Å². The summed E-state index contributed by atoms with van der Waals surface area (Å²) >= 11 is 2.13. The summed E-state index contributed by atoms with van der Waals surface area (Å²) in [6, 6.07) is 1.37. The first-order chi connectivity index (χ1) is 7.99. The SMILES string of the molecule is CC(C)CC(CN(C)C)NC1CCCSC1C. The summed E-state index contributed by atoms with van der Waals surface area (Å²) in [5.74, 6) is 2.13. The van der Waals surface area contributed by atoms with Crippen LogP contribution in [0.1, 0.15) is 40.0 Å². The highest BCUT2D eigenvalue weighted by Gasteiger charge is 2.24. The Labute approximate surface area is 112 Å². The summed E-state index contributed by atoms with van der Waals surface area (Å²) in [7, 11) is 4.35. The van der Waals surface area contributed by atoms with Gasteiger partial charge >= 0.3 is 0 Å². The molecule has 3 heteroatoms. The average Bonchev–Trinajstić information content (AvgIpc) is 2.19. The van der Waals surface area contributed by atoms with E-state index in [2.05, 4.69) is 56.8 Å². The maximum Gasteiger partial charge on any atom is 0.0200 e. The van der Waals surface area contributed by atoms with Gasteiger partial charge in [-0.25, -0.2) is 0 Å². The molecule has 102 valence electrons. The Morgan fingerprint density at radius 1 is 1.35 bits per heavy atom. The topological polar surface area (TPSA) is 15.3 Å². The van der Waals surface area contributed by atoms with Gasteiger partial charge in [-0.15, -0.1) is 0 Å². The maximum absolute atomic E-state index is 3.91. The van der Waals surface area contributed by atoms with Gasteiger partial charge in [0.1, 0.15) is 0 Å². The third-order valence-electron chi connectivity index (χ3n) is 3.40. The van der Waals surface area contributed by atoms with Crippen LogP contribution in [-0.4, -0.2) is 48.6 Å². The summed E-state index contributed by atoms with van der Waals surface area (Å²) in [6.45, 7) is 8.18. The van der Waals surface area contributed by atoms with Crippen molar-refractivity contribution in [2.75, 3.05) is 26.4 Å². The van der Waals surface area contributed by atoms with Crippen molar-refractivity contribution in [3.63, 3.8) is 0 Å². The molecule has 3 unspecified atom stereocenters. The van der Waals surface area contributed by atoms with Crippen molar-refractivity contribution in [2.24, 2.45) is 5.92 Å². The van der Waals surface area contributed by atoms with Crippen molar-refractivity contribution < 1.29 is 0 Å². The van der Waals surface area contributed by atoms with E-state index in [0.29, 0.717) is 6.04 Å². The van der Waals surface area contributed by atoms with Crippen molar-refractivity contribution in [1.82, 2.24) is 10.2 Å². The molecule has 17 heavy (non-hydrogen) atoms. The molecule has 1 aliphatic rings. The Hall–Kier alpha value is 0.270. The van der Waals surface area contributed by atoms with Crippen LogP contribution in [0.15, 0.2) is 0 Å². The lowest BCUT2D eigenvalue weighted by Gasteiger charge is -2.34. The second-order valence-corrected chi connectivity index (χ2v) is 7.57. The highest BCUT2D eigenvalue weighted by Crippen LogP contribution is 2.25. The summed E-state index contributed by atoms with van der Waals surface area (Å²) in [4.78, 5) is 2.31. The molecule has 1 saturated heterocycles. The fraction of sp³-hybridized carbons (Fsp3) is 1.00. The third-order valence-corrected chi connectivity index (χ3v) is 4.78. The van der Waals surface area contributed by atoms with E-state index in [1.165, 1.54) is 25.0 Å². The molecular weight excluding hydrogens is 228 g/mol. The number of hydrogen-bond acceptors (Lipinski definition) is 3. The number of rotatable bonds is 6. The Bertz CT molecular complexity index is 196. The quantitative estimate of drug-likeness (QED) is 0.789. The first-order valence-electron chi connectivity index (χ1n) is 7.01. The van der Waals surface area contributed by atoms with E-state index in [1.807, 2.05) is 0 Å². The smallest absolute Gasteiger partial charge is 0.0200 e. The molecule has 1 aliphatic heterocycles. The standard InChI is InChI=1S/C14H30N2S/c1-11(2)9-13(10-16(4)5)15-14-7-6-8-17-12(14)3/h11-15H,6-10H2,1-5H3. The van der Waals surface area contributed by atoms with E-state index in [9.17, 15) is 0 Å². The number of nitrogens with one attached hydrogen (secondary N) is 1. The fourth-order valence-electron chi connectivity index (χ4n) is 2.65. The van der Waals surface area contributed by atoms with Crippen molar-refractivity contribution in [3.05, 3.63) is 0 Å². The molecule has 1 N–H and O–H groups in total. The Kier molecular flexibility index (Phi) is 6.90. The third kappa shape index (κ3) is 6.12. The lowest BCUT2D eigenvalue weighted by Crippen LogP contribution is -2.49. The zero-order valence-electron chi connectivity index (χ0n) is 12.2. The van der Waals surface area contributed by atoms with E-state index in [-0.39, 0.29) is 0 Å². The first kappa shape index (κ1) is 15.3. The van der Waals surface area contributed by atoms with Gasteiger partial charge in [-0.1, -0.05) is 20.8 Å². The second kappa shape index (κ2) is 7.65. The van der Waals surface area contributed by atoms with Gasteiger partial charge in [0.05, 0.1) is 0 Å². The molecule has 0 aliphatic carbocycles. The van der Waals surface area contributed by atoms with Gasteiger partial charge in [0.25, 0.3) is 0 Å². The van der Waals surface area contributed by atoms with E-state index in [1.54, 1.807) is 0 Å². The Balaban J connectivity index is 2.45. The molecule has 0 aromatic rings. The maximum atomic E-state index is 3.91.